The van der Waals surface area contributed by atoms with Crippen molar-refractivity contribution >= 4 is 17.2 Å². The van der Waals surface area contributed by atoms with Crippen LogP contribution in [0.15, 0.2) is 48.9 Å². The second-order valence-corrected chi connectivity index (χ2v) is 7.56. The zero-order valence-corrected chi connectivity index (χ0v) is 15.4. The highest BCUT2D eigenvalue weighted by Gasteiger charge is 2.26. The molecule has 0 aliphatic carbocycles. The highest BCUT2D eigenvalue weighted by molar-refractivity contribution is 7.16. The van der Waals surface area contributed by atoms with E-state index < -0.39 is 0 Å². The van der Waals surface area contributed by atoms with Crippen LogP contribution in [-0.2, 0) is 0 Å². The Morgan fingerprint density at radius 3 is 2.54 bits per heavy atom. The van der Waals surface area contributed by atoms with Crippen molar-refractivity contribution in [3.05, 3.63) is 64.9 Å². The first-order valence-corrected chi connectivity index (χ1v) is 9.62. The van der Waals surface area contributed by atoms with Gasteiger partial charge in [-0.3, -0.25) is 4.79 Å². The Hall–Kier alpha value is -2.60. The minimum Gasteiger partial charge on any atom is -0.338 e. The number of aromatic nitrogens is 3. The highest BCUT2D eigenvalue weighted by Crippen LogP contribution is 2.31. The Morgan fingerprint density at radius 2 is 1.81 bits per heavy atom. The summed E-state index contributed by atoms with van der Waals surface area (Å²) in [6.07, 6.45) is 7.02. The summed E-state index contributed by atoms with van der Waals surface area (Å²) in [5.41, 5.74) is 2.76. The van der Waals surface area contributed by atoms with Gasteiger partial charge >= 0.3 is 0 Å². The van der Waals surface area contributed by atoms with Crippen LogP contribution in [-0.4, -0.2) is 38.8 Å². The number of hydrogen-bond acceptors (Lipinski definition) is 5. The molecule has 6 heteroatoms. The Morgan fingerprint density at radius 1 is 1.08 bits per heavy atom. The summed E-state index contributed by atoms with van der Waals surface area (Å²) in [6, 6.07) is 10.3. The third kappa shape index (κ3) is 3.37. The second-order valence-electron chi connectivity index (χ2n) is 6.53. The Kier molecular flexibility index (Phi) is 4.75. The maximum Gasteiger partial charge on any atom is 0.265 e. The molecule has 0 unspecified atom stereocenters. The van der Waals surface area contributed by atoms with Crippen LogP contribution in [0.3, 0.4) is 0 Å². The fourth-order valence-electron chi connectivity index (χ4n) is 3.48. The number of hydrogen-bond donors (Lipinski definition) is 0. The second kappa shape index (κ2) is 7.33. The molecule has 5 nitrogen and oxygen atoms in total. The topological polar surface area (TPSA) is 59.0 Å². The average Bonchev–Trinajstić information content (AvgIpc) is 3.19. The minimum atomic E-state index is 0.0629. The number of likely N-dealkylation sites (tertiary alicyclic amines) is 1. The first-order valence-electron chi connectivity index (χ1n) is 8.80. The van der Waals surface area contributed by atoms with Crippen LogP contribution in [0.25, 0.3) is 10.8 Å². The summed E-state index contributed by atoms with van der Waals surface area (Å²) in [5, 5.41) is 0.684. The lowest BCUT2D eigenvalue weighted by atomic mass is 9.87. The largest absolute Gasteiger partial charge is 0.338 e. The first-order chi connectivity index (χ1) is 12.7. The quantitative estimate of drug-likeness (QED) is 0.706. The smallest absolute Gasteiger partial charge is 0.265 e. The SMILES string of the molecule is Cc1ccccc1C1CCN(C(=O)c2cnc(-c3ncccn3)s2)CC1. The number of benzene rings is 1. The maximum atomic E-state index is 12.8. The molecule has 3 heterocycles. The summed E-state index contributed by atoms with van der Waals surface area (Å²) >= 11 is 1.36. The third-order valence-electron chi connectivity index (χ3n) is 4.88. The van der Waals surface area contributed by atoms with E-state index in [0.717, 1.165) is 25.9 Å². The molecule has 4 rings (SSSR count). The zero-order chi connectivity index (χ0) is 17.9. The van der Waals surface area contributed by atoms with E-state index in [1.54, 1.807) is 24.7 Å². The molecule has 3 aromatic rings. The molecule has 0 atom stereocenters. The van der Waals surface area contributed by atoms with E-state index in [0.29, 0.717) is 21.6 Å². The Balaban J connectivity index is 1.43. The van der Waals surface area contributed by atoms with Crippen LogP contribution in [0, 0.1) is 6.92 Å². The minimum absolute atomic E-state index is 0.0629. The zero-order valence-electron chi connectivity index (χ0n) is 14.6. The van der Waals surface area contributed by atoms with Gasteiger partial charge < -0.3 is 4.90 Å². The molecule has 1 aromatic carbocycles. The van der Waals surface area contributed by atoms with E-state index in [4.69, 9.17) is 0 Å². The van der Waals surface area contributed by atoms with Crippen molar-refractivity contribution in [1.82, 2.24) is 19.9 Å². The van der Waals surface area contributed by atoms with Gasteiger partial charge in [-0.1, -0.05) is 24.3 Å². The summed E-state index contributed by atoms with van der Waals surface area (Å²) in [6.45, 7) is 3.73. The van der Waals surface area contributed by atoms with Crippen LogP contribution in [0.5, 0.6) is 0 Å². The number of carbonyl (C=O) groups is 1. The van der Waals surface area contributed by atoms with Gasteiger partial charge in [0.25, 0.3) is 5.91 Å². The van der Waals surface area contributed by atoms with E-state index >= 15 is 0 Å². The van der Waals surface area contributed by atoms with E-state index in [-0.39, 0.29) is 5.91 Å². The lowest BCUT2D eigenvalue weighted by molar-refractivity contribution is 0.0717. The number of carbonyl (C=O) groups excluding carboxylic acids is 1. The molecule has 1 amide bonds. The van der Waals surface area contributed by atoms with E-state index in [9.17, 15) is 4.79 Å². The van der Waals surface area contributed by atoms with Crippen LogP contribution in [0.2, 0.25) is 0 Å². The Bertz CT molecular complexity index is 901. The van der Waals surface area contributed by atoms with Gasteiger partial charge in [0.1, 0.15) is 4.88 Å². The molecule has 2 aromatic heterocycles. The van der Waals surface area contributed by atoms with Crippen LogP contribution in [0.4, 0.5) is 0 Å². The van der Waals surface area contributed by atoms with E-state index in [1.165, 1.54) is 22.5 Å². The number of piperidine rings is 1. The molecule has 132 valence electrons. The molecule has 0 N–H and O–H groups in total. The number of nitrogens with zero attached hydrogens (tertiary/aromatic N) is 4. The van der Waals surface area contributed by atoms with Crippen molar-refractivity contribution in [2.75, 3.05) is 13.1 Å². The van der Waals surface area contributed by atoms with Gasteiger partial charge in [0.05, 0.1) is 6.20 Å². The Labute approximate surface area is 156 Å². The predicted molar refractivity (Wildman–Crippen MR) is 102 cm³/mol. The third-order valence-corrected chi connectivity index (χ3v) is 5.87. The number of amides is 1. The number of aryl methyl sites for hydroxylation is 1. The van der Waals surface area contributed by atoms with Crippen molar-refractivity contribution < 1.29 is 4.79 Å². The lowest BCUT2D eigenvalue weighted by Gasteiger charge is -2.32. The van der Waals surface area contributed by atoms with Gasteiger partial charge in [-0.2, -0.15) is 0 Å². The van der Waals surface area contributed by atoms with Crippen molar-refractivity contribution in [1.29, 1.82) is 0 Å². The summed E-state index contributed by atoms with van der Waals surface area (Å²) < 4.78 is 0. The van der Waals surface area contributed by atoms with Crippen LogP contribution >= 0.6 is 11.3 Å². The molecule has 1 aliphatic heterocycles. The van der Waals surface area contributed by atoms with Crippen molar-refractivity contribution in [3.8, 4) is 10.8 Å². The summed E-state index contributed by atoms with van der Waals surface area (Å²) in [7, 11) is 0. The number of thiazole rings is 1. The normalized spacial score (nSPS) is 15.2. The first kappa shape index (κ1) is 16.8. The fraction of sp³-hybridized carbons (Fsp3) is 0.300. The van der Waals surface area contributed by atoms with Crippen molar-refractivity contribution in [2.24, 2.45) is 0 Å². The molecule has 26 heavy (non-hydrogen) atoms. The van der Waals surface area contributed by atoms with Gasteiger partial charge in [0.2, 0.25) is 0 Å². The van der Waals surface area contributed by atoms with Crippen molar-refractivity contribution in [2.45, 2.75) is 25.7 Å². The molecule has 0 saturated carbocycles. The van der Waals surface area contributed by atoms with Crippen molar-refractivity contribution in [3.63, 3.8) is 0 Å². The van der Waals surface area contributed by atoms with E-state index in [1.807, 2.05) is 4.90 Å². The standard InChI is InChI=1S/C20H20N4OS/c1-14-5-2-3-6-16(14)15-7-11-24(12-8-15)20(25)17-13-23-19(26-17)18-21-9-4-10-22-18/h2-6,9-10,13,15H,7-8,11-12H2,1H3. The monoisotopic (exact) mass is 364 g/mol. The molecule has 1 aliphatic rings. The lowest BCUT2D eigenvalue weighted by Crippen LogP contribution is -2.37. The molecular weight excluding hydrogens is 344 g/mol. The predicted octanol–water partition coefficient (Wildman–Crippen LogP) is 3.93. The maximum absolute atomic E-state index is 12.8. The molecule has 1 fully saturated rings. The van der Waals surface area contributed by atoms with Gasteiger partial charge in [-0.25, -0.2) is 15.0 Å². The summed E-state index contributed by atoms with van der Waals surface area (Å²) in [5.74, 6) is 1.16. The number of rotatable bonds is 3. The molecule has 0 spiro atoms. The highest BCUT2D eigenvalue weighted by atomic mass is 32.1. The molecule has 0 radical (unpaired) electrons. The van der Waals surface area contributed by atoms with Gasteiger partial charge in [-0.05, 0) is 42.9 Å². The van der Waals surface area contributed by atoms with Gasteiger partial charge in [-0.15, -0.1) is 11.3 Å². The molecule has 1 saturated heterocycles. The van der Waals surface area contributed by atoms with Crippen LogP contribution < -0.4 is 0 Å². The summed E-state index contributed by atoms with van der Waals surface area (Å²) in [4.78, 5) is 28.1. The molecular formula is C20H20N4OS. The fourth-order valence-corrected chi connectivity index (χ4v) is 4.31. The average molecular weight is 364 g/mol. The van der Waals surface area contributed by atoms with Gasteiger partial charge in [0.15, 0.2) is 10.8 Å². The van der Waals surface area contributed by atoms with Gasteiger partial charge in [0, 0.05) is 25.5 Å². The van der Waals surface area contributed by atoms with E-state index in [2.05, 4.69) is 46.1 Å². The molecule has 0 bridgehead atoms. The van der Waals surface area contributed by atoms with Crippen LogP contribution in [0.1, 0.15) is 39.6 Å².